The first-order valence-electron chi connectivity index (χ1n) is 5.99. The highest BCUT2D eigenvalue weighted by molar-refractivity contribution is 7.09. The SMILES string of the molecule is CCC(NC(COC)C1CC1)c1nccs1. The van der Waals surface area contributed by atoms with E-state index in [-0.39, 0.29) is 0 Å². The van der Waals surface area contributed by atoms with Crippen LogP contribution in [0.5, 0.6) is 0 Å². The van der Waals surface area contributed by atoms with Crippen molar-refractivity contribution in [3.63, 3.8) is 0 Å². The van der Waals surface area contributed by atoms with Crippen molar-refractivity contribution in [1.29, 1.82) is 0 Å². The Morgan fingerprint density at radius 3 is 2.94 bits per heavy atom. The van der Waals surface area contributed by atoms with Gasteiger partial charge in [0, 0.05) is 24.7 Å². The van der Waals surface area contributed by atoms with Crippen LogP contribution >= 0.6 is 11.3 Å². The van der Waals surface area contributed by atoms with Crippen molar-refractivity contribution >= 4 is 11.3 Å². The second kappa shape index (κ2) is 5.75. The van der Waals surface area contributed by atoms with Crippen LogP contribution in [0.15, 0.2) is 11.6 Å². The molecular formula is C12H20N2OS. The summed E-state index contributed by atoms with van der Waals surface area (Å²) in [4.78, 5) is 4.40. The summed E-state index contributed by atoms with van der Waals surface area (Å²) in [6, 6.07) is 0.889. The molecule has 1 fully saturated rings. The summed E-state index contributed by atoms with van der Waals surface area (Å²) in [6.07, 6.45) is 5.65. The van der Waals surface area contributed by atoms with E-state index in [1.165, 1.54) is 17.8 Å². The number of thiazole rings is 1. The number of nitrogens with zero attached hydrogens (tertiary/aromatic N) is 1. The quantitative estimate of drug-likeness (QED) is 0.795. The fourth-order valence-corrected chi connectivity index (χ4v) is 2.81. The van der Waals surface area contributed by atoms with Gasteiger partial charge in [-0.2, -0.15) is 0 Å². The lowest BCUT2D eigenvalue weighted by molar-refractivity contribution is 0.150. The van der Waals surface area contributed by atoms with Crippen molar-refractivity contribution in [2.75, 3.05) is 13.7 Å². The average molecular weight is 240 g/mol. The largest absolute Gasteiger partial charge is 0.383 e. The van der Waals surface area contributed by atoms with E-state index in [1.54, 1.807) is 18.4 Å². The Labute approximate surface area is 101 Å². The van der Waals surface area contributed by atoms with E-state index in [0.29, 0.717) is 12.1 Å². The minimum atomic E-state index is 0.390. The number of hydrogen-bond acceptors (Lipinski definition) is 4. The molecule has 2 atom stereocenters. The number of ether oxygens (including phenoxy) is 1. The first-order valence-corrected chi connectivity index (χ1v) is 6.87. The molecule has 4 heteroatoms. The van der Waals surface area contributed by atoms with Crippen molar-refractivity contribution in [2.45, 2.75) is 38.3 Å². The zero-order valence-electron chi connectivity index (χ0n) is 9.98. The minimum Gasteiger partial charge on any atom is -0.383 e. The van der Waals surface area contributed by atoms with Gasteiger partial charge in [-0.25, -0.2) is 4.98 Å². The third kappa shape index (κ3) is 3.03. The van der Waals surface area contributed by atoms with Gasteiger partial charge in [-0.15, -0.1) is 11.3 Å². The van der Waals surface area contributed by atoms with Gasteiger partial charge >= 0.3 is 0 Å². The molecule has 1 aromatic heterocycles. The summed E-state index contributed by atoms with van der Waals surface area (Å²) in [5.41, 5.74) is 0. The number of nitrogens with one attached hydrogen (secondary N) is 1. The third-order valence-corrected chi connectivity index (χ3v) is 4.00. The van der Waals surface area contributed by atoms with Gasteiger partial charge in [0.1, 0.15) is 5.01 Å². The molecule has 0 aromatic carbocycles. The smallest absolute Gasteiger partial charge is 0.109 e. The van der Waals surface area contributed by atoms with E-state index < -0.39 is 0 Å². The Morgan fingerprint density at radius 2 is 2.44 bits per heavy atom. The van der Waals surface area contributed by atoms with Crippen molar-refractivity contribution in [3.8, 4) is 0 Å². The van der Waals surface area contributed by atoms with Crippen LogP contribution in [0.1, 0.15) is 37.2 Å². The van der Waals surface area contributed by atoms with Crippen LogP contribution in [-0.2, 0) is 4.74 Å². The molecule has 90 valence electrons. The number of rotatable bonds is 7. The van der Waals surface area contributed by atoms with Gasteiger partial charge in [-0.3, -0.25) is 0 Å². The first kappa shape index (κ1) is 12.0. The van der Waals surface area contributed by atoms with Gasteiger partial charge in [0.15, 0.2) is 0 Å². The Morgan fingerprint density at radius 1 is 1.62 bits per heavy atom. The van der Waals surface area contributed by atoms with Gasteiger partial charge in [0.2, 0.25) is 0 Å². The maximum Gasteiger partial charge on any atom is 0.109 e. The minimum absolute atomic E-state index is 0.390. The van der Waals surface area contributed by atoms with E-state index in [1.807, 2.05) is 11.6 Å². The van der Waals surface area contributed by atoms with Crippen LogP contribution in [-0.4, -0.2) is 24.7 Å². The Balaban J connectivity index is 1.93. The van der Waals surface area contributed by atoms with Gasteiger partial charge in [0.05, 0.1) is 12.6 Å². The zero-order valence-corrected chi connectivity index (χ0v) is 10.8. The molecule has 0 aliphatic heterocycles. The topological polar surface area (TPSA) is 34.1 Å². The first-order chi connectivity index (χ1) is 7.85. The summed E-state index contributed by atoms with van der Waals surface area (Å²) in [5, 5.41) is 6.93. The molecule has 3 nitrogen and oxygen atoms in total. The molecule has 1 N–H and O–H groups in total. The van der Waals surface area contributed by atoms with Crippen molar-refractivity contribution in [2.24, 2.45) is 5.92 Å². The van der Waals surface area contributed by atoms with Crippen molar-refractivity contribution in [1.82, 2.24) is 10.3 Å². The van der Waals surface area contributed by atoms with Gasteiger partial charge in [0.25, 0.3) is 0 Å². The average Bonchev–Trinajstić information content (AvgIpc) is 3.00. The fourth-order valence-electron chi connectivity index (χ4n) is 2.03. The second-order valence-corrected chi connectivity index (χ2v) is 5.32. The molecular weight excluding hydrogens is 220 g/mol. The molecule has 2 rings (SSSR count). The Bertz CT molecular complexity index is 298. The molecule has 0 saturated heterocycles. The van der Waals surface area contributed by atoms with Gasteiger partial charge in [-0.1, -0.05) is 6.92 Å². The normalized spacial score (nSPS) is 19.6. The molecule has 1 aliphatic rings. The van der Waals surface area contributed by atoms with Gasteiger partial charge < -0.3 is 10.1 Å². The van der Waals surface area contributed by atoms with Crippen LogP contribution in [0.3, 0.4) is 0 Å². The predicted molar refractivity (Wildman–Crippen MR) is 66.7 cm³/mol. The molecule has 1 aliphatic carbocycles. The molecule has 2 unspecified atom stereocenters. The standard InChI is InChI=1S/C12H20N2OS/c1-3-10(12-13-6-7-16-12)14-11(8-15-2)9-4-5-9/h6-7,9-11,14H,3-5,8H2,1-2H3. The van der Waals surface area contributed by atoms with Crippen LogP contribution in [0.25, 0.3) is 0 Å². The lowest BCUT2D eigenvalue weighted by Crippen LogP contribution is -2.37. The zero-order chi connectivity index (χ0) is 11.4. The number of methoxy groups -OCH3 is 1. The van der Waals surface area contributed by atoms with E-state index in [9.17, 15) is 0 Å². The maximum absolute atomic E-state index is 5.29. The van der Waals surface area contributed by atoms with E-state index in [2.05, 4.69) is 17.2 Å². The maximum atomic E-state index is 5.29. The lowest BCUT2D eigenvalue weighted by atomic mass is 10.1. The van der Waals surface area contributed by atoms with Gasteiger partial charge in [-0.05, 0) is 25.2 Å². The fraction of sp³-hybridized carbons (Fsp3) is 0.750. The predicted octanol–water partition coefficient (Wildman–Crippen LogP) is 2.61. The van der Waals surface area contributed by atoms with Crippen LogP contribution in [0, 0.1) is 5.92 Å². The summed E-state index contributed by atoms with van der Waals surface area (Å²) < 4.78 is 5.29. The Hall–Kier alpha value is -0.450. The van der Waals surface area contributed by atoms with Crippen LogP contribution in [0.4, 0.5) is 0 Å². The Kier molecular flexibility index (Phi) is 4.32. The summed E-state index contributed by atoms with van der Waals surface area (Å²) >= 11 is 1.73. The molecule has 0 radical (unpaired) electrons. The molecule has 16 heavy (non-hydrogen) atoms. The van der Waals surface area contributed by atoms with E-state index >= 15 is 0 Å². The molecule has 0 amide bonds. The third-order valence-electron chi connectivity index (χ3n) is 3.11. The summed E-state index contributed by atoms with van der Waals surface area (Å²) in [6.45, 7) is 3.02. The van der Waals surface area contributed by atoms with Crippen LogP contribution in [0.2, 0.25) is 0 Å². The van der Waals surface area contributed by atoms with Crippen molar-refractivity contribution < 1.29 is 4.74 Å². The van der Waals surface area contributed by atoms with E-state index in [0.717, 1.165) is 18.9 Å². The molecule has 0 spiro atoms. The highest BCUT2D eigenvalue weighted by atomic mass is 32.1. The highest BCUT2D eigenvalue weighted by Gasteiger charge is 2.32. The highest BCUT2D eigenvalue weighted by Crippen LogP contribution is 2.34. The monoisotopic (exact) mass is 240 g/mol. The lowest BCUT2D eigenvalue weighted by Gasteiger charge is -2.23. The van der Waals surface area contributed by atoms with Crippen molar-refractivity contribution in [3.05, 3.63) is 16.6 Å². The molecule has 0 bridgehead atoms. The number of hydrogen-bond donors (Lipinski definition) is 1. The van der Waals surface area contributed by atoms with Crippen LogP contribution < -0.4 is 5.32 Å². The summed E-state index contributed by atoms with van der Waals surface area (Å²) in [7, 11) is 1.78. The molecule has 1 saturated carbocycles. The summed E-state index contributed by atoms with van der Waals surface area (Å²) in [5.74, 6) is 0.814. The number of aromatic nitrogens is 1. The second-order valence-electron chi connectivity index (χ2n) is 4.40. The van der Waals surface area contributed by atoms with E-state index in [4.69, 9.17) is 4.74 Å². The molecule has 1 heterocycles. The molecule has 1 aromatic rings.